The van der Waals surface area contributed by atoms with Crippen LogP contribution in [0, 0.1) is 0 Å². The van der Waals surface area contributed by atoms with Gasteiger partial charge < -0.3 is 0 Å². The Morgan fingerprint density at radius 2 is 1.50 bits per heavy atom. The molecular formula is C25H19N3OS. The van der Waals surface area contributed by atoms with Gasteiger partial charge >= 0.3 is 0 Å². The molecule has 1 heterocycles. The molecule has 1 aliphatic heterocycles. The molecule has 0 unspecified atom stereocenters. The topological polar surface area (TPSA) is 45.0 Å². The molecule has 0 atom stereocenters. The zero-order chi connectivity index (χ0) is 20.3. The summed E-state index contributed by atoms with van der Waals surface area (Å²) in [5.74, 6) is 0.458. The number of fused-ring (bicyclic) bond motifs is 2. The largest absolute Gasteiger partial charge is 0.285 e. The highest BCUT2D eigenvalue weighted by atomic mass is 32.2. The third-order valence-electron chi connectivity index (χ3n) is 5.23. The van der Waals surface area contributed by atoms with Gasteiger partial charge in [0, 0.05) is 5.56 Å². The summed E-state index contributed by atoms with van der Waals surface area (Å²) in [6, 6.07) is 28.7. The zero-order valence-corrected chi connectivity index (χ0v) is 17.0. The first-order valence-electron chi connectivity index (χ1n) is 9.78. The lowest BCUT2D eigenvalue weighted by molar-refractivity contribution is -0.124. The van der Waals surface area contributed by atoms with Gasteiger partial charge in [-0.2, -0.15) is 5.10 Å². The van der Waals surface area contributed by atoms with Crippen LogP contribution in [0.2, 0.25) is 0 Å². The molecule has 1 aliphatic rings. The number of nitrogens with zero attached hydrogens (tertiary/aromatic N) is 3. The van der Waals surface area contributed by atoms with Gasteiger partial charge in [-0.1, -0.05) is 96.7 Å². The minimum Gasteiger partial charge on any atom is -0.285 e. The van der Waals surface area contributed by atoms with Crippen LogP contribution < -0.4 is 0 Å². The highest BCUT2D eigenvalue weighted by Gasteiger charge is 2.28. The van der Waals surface area contributed by atoms with E-state index < -0.39 is 0 Å². The number of hydrogen-bond donors (Lipinski definition) is 0. The van der Waals surface area contributed by atoms with Crippen LogP contribution in [0.25, 0.3) is 21.5 Å². The van der Waals surface area contributed by atoms with Crippen molar-refractivity contribution in [3.05, 3.63) is 96.1 Å². The van der Waals surface area contributed by atoms with E-state index in [1.54, 1.807) is 11.1 Å². The summed E-state index contributed by atoms with van der Waals surface area (Å²) in [7, 11) is 0. The Morgan fingerprint density at radius 3 is 2.33 bits per heavy atom. The molecule has 4 aromatic carbocycles. The van der Waals surface area contributed by atoms with Crippen molar-refractivity contribution in [2.24, 2.45) is 10.2 Å². The van der Waals surface area contributed by atoms with Gasteiger partial charge in [0.05, 0.1) is 18.5 Å². The first kappa shape index (κ1) is 18.6. The Hall–Kier alpha value is -3.44. The summed E-state index contributed by atoms with van der Waals surface area (Å²) in [5.41, 5.74) is 2.11. The predicted molar refractivity (Wildman–Crippen MR) is 126 cm³/mol. The third kappa shape index (κ3) is 3.60. The highest BCUT2D eigenvalue weighted by molar-refractivity contribution is 8.15. The summed E-state index contributed by atoms with van der Waals surface area (Å²) in [6.45, 7) is 0.496. The number of amides is 1. The molecule has 0 radical (unpaired) electrons. The second-order valence-corrected chi connectivity index (χ2v) is 8.04. The van der Waals surface area contributed by atoms with E-state index in [0.29, 0.717) is 17.5 Å². The molecule has 5 rings (SSSR count). The van der Waals surface area contributed by atoms with Crippen molar-refractivity contribution in [3.63, 3.8) is 0 Å². The van der Waals surface area contributed by atoms with Gasteiger partial charge in [0.1, 0.15) is 0 Å². The van der Waals surface area contributed by atoms with Crippen molar-refractivity contribution >= 4 is 50.6 Å². The molecule has 146 valence electrons. The van der Waals surface area contributed by atoms with E-state index in [4.69, 9.17) is 0 Å². The number of rotatable bonds is 4. The highest BCUT2D eigenvalue weighted by Crippen LogP contribution is 2.26. The summed E-state index contributed by atoms with van der Waals surface area (Å²) in [6.07, 6.45) is 1.76. The maximum Gasteiger partial charge on any atom is 0.239 e. The fourth-order valence-electron chi connectivity index (χ4n) is 3.73. The average molecular weight is 410 g/mol. The molecule has 1 amide bonds. The number of hydrogen-bond acceptors (Lipinski definition) is 4. The Balaban J connectivity index is 1.43. The van der Waals surface area contributed by atoms with Gasteiger partial charge in [-0.3, -0.25) is 9.69 Å². The van der Waals surface area contributed by atoms with Crippen LogP contribution in [0.15, 0.2) is 95.1 Å². The summed E-state index contributed by atoms with van der Waals surface area (Å²) in [5, 5.41) is 14.0. The SMILES string of the molecule is O=C1CS/C(=N\N=C/c2cccc3ccccc23)N1Cc1cccc2ccccc12. The van der Waals surface area contributed by atoms with Gasteiger partial charge in [0.2, 0.25) is 5.91 Å². The fraction of sp³-hybridized carbons (Fsp3) is 0.0800. The molecular weight excluding hydrogens is 390 g/mol. The molecule has 0 N–H and O–H groups in total. The molecule has 1 saturated heterocycles. The lowest BCUT2D eigenvalue weighted by Gasteiger charge is -2.16. The van der Waals surface area contributed by atoms with E-state index >= 15 is 0 Å². The normalized spacial score (nSPS) is 15.8. The lowest BCUT2D eigenvalue weighted by atomic mass is 10.0. The molecule has 0 aliphatic carbocycles. The molecule has 4 nitrogen and oxygen atoms in total. The monoisotopic (exact) mass is 409 g/mol. The van der Waals surface area contributed by atoms with Crippen LogP contribution in [-0.2, 0) is 11.3 Å². The van der Waals surface area contributed by atoms with Crippen molar-refractivity contribution < 1.29 is 4.79 Å². The molecule has 0 saturated carbocycles. The Kier molecular flexibility index (Phi) is 5.03. The summed E-state index contributed by atoms with van der Waals surface area (Å²) in [4.78, 5) is 14.2. The van der Waals surface area contributed by atoms with Crippen LogP contribution in [0.5, 0.6) is 0 Å². The smallest absolute Gasteiger partial charge is 0.239 e. The molecule has 30 heavy (non-hydrogen) atoms. The number of carbonyl (C=O) groups excluding carboxylic acids is 1. The maximum absolute atomic E-state index is 12.5. The van der Waals surface area contributed by atoms with Crippen molar-refractivity contribution in [2.45, 2.75) is 6.54 Å². The average Bonchev–Trinajstić information content (AvgIpc) is 3.13. The molecule has 0 spiro atoms. The maximum atomic E-state index is 12.5. The minimum atomic E-state index is 0.0621. The Morgan fingerprint density at radius 1 is 0.833 bits per heavy atom. The quantitative estimate of drug-likeness (QED) is 0.332. The van der Waals surface area contributed by atoms with E-state index in [1.807, 2.05) is 42.5 Å². The Labute approximate surface area is 178 Å². The summed E-state index contributed by atoms with van der Waals surface area (Å²) < 4.78 is 0. The van der Waals surface area contributed by atoms with Crippen molar-refractivity contribution in [1.82, 2.24) is 4.90 Å². The van der Waals surface area contributed by atoms with Crippen LogP contribution >= 0.6 is 11.8 Å². The van der Waals surface area contributed by atoms with Crippen molar-refractivity contribution in [3.8, 4) is 0 Å². The molecule has 4 aromatic rings. The first-order valence-corrected chi connectivity index (χ1v) is 10.8. The number of amidine groups is 1. The fourth-order valence-corrected chi connectivity index (χ4v) is 4.57. The van der Waals surface area contributed by atoms with E-state index in [0.717, 1.165) is 27.3 Å². The van der Waals surface area contributed by atoms with Crippen molar-refractivity contribution in [1.29, 1.82) is 0 Å². The molecule has 1 fully saturated rings. The number of thioether (sulfide) groups is 1. The van der Waals surface area contributed by atoms with Gasteiger partial charge in [0.25, 0.3) is 0 Å². The number of benzene rings is 4. The molecule has 5 heteroatoms. The van der Waals surface area contributed by atoms with Gasteiger partial charge in [0.15, 0.2) is 5.17 Å². The van der Waals surface area contributed by atoms with E-state index in [1.165, 1.54) is 17.1 Å². The number of carbonyl (C=O) groups is 1. The van der Waals surface area contributed by atoms with Gasteiger partial charge in [-0.15, -0.1) is 5.10 Å². The van der Waals surface area contributed by atoms with Crippen molar-refractivity contribution in [2.75, 3.05) is 5.75 Å². The second-order valence-electron chi connectivity index (χ2n) is 7.10. The van der Waals surface area contributed by atoms with Gasteiger partial charge in [-0.25, -0.2) is 0 Å². The van der Waals surface area contributed by atoms with Gasteiger partial charge in [-0.05, 0) is 27.1 Å². The molecule has 0 aromatic heterocycles. The van der Waals surface area contributed by atoms with Crippen LogP contribution in [0.1, 0.15) is 11.1 Å². The molecule has 0 bridgehead atoms. The van der Waals surface area contributed by atoms with Crippen LogP contribution in [0.4, 0.5) is 0 Å². The second kappa shape index (κ2) is 8.13. The summed E-state index contributed by atoms with van der Waals surface area (Å²) >= 11 is 1.43. The van der Waals surface area contributed by atoms with Crippen LogP contribution in [0.3, 0.4) is 0 Å². The lowest BCUT2D eigenvalue weighted by Crippen LogP contribution is -2.28. The standard InChI is InChI=1S/C25H19N3OS/c29-24-17-30-25(27-26-15-20-11-5-9-18-7-1-3-13-22(18)20)28(24)16-21-12-6-10-19-8-2-4-14-23(19)21/h1-15H,16-17H2/b26-15-,27-25-. The van der Waals surface area contributed by atoms with E-state index in [9.17, 15) is 4.79 Å². The van der Waals surface area contributed by atoms with Crippen LogP contribution in [-0.4, -0.2) is 27.9 Å². The van der Waals surface area contributed by atoms with E-state index in [2.05, 4.69) is 52.7 Å². The third-order valence-corrected chi connectivity index (χ3v) is 6.18. The predicted octanol–water partition coefficient (Wildman–Crippen LogP) is 5.46. The zero-order valence-electron chi connectivity index (χ0n) is 16.2. The van der Waals surface area contributed by atoms with E-state index in [-0.39, 0.29) is 5.91 Å². The first-order chi connectivity index (χ1) is 14.8. The minimum absolute atomic E-state index is 0.0621. The Bertz CT molecular complexity index is 1300.